The summed E-state index contributed by atoms with van der Waals surface area (Å²) >= 11 is 0. The average molecular weight is 256 g/mol. The first-order valence-electron chi connectivity index (χ1n) is 5.29. The van der Waals surface area contributed by atoms with Crippen LogP contribution in [0.4, 0.5) is 11.4 Å². The van der Waals surface area contributed by atoms with Crippen molar-refractivity contribution in [2.75, 3.05) is 22.6 Å². The minimum absolute atomic E-state index is 0.0272. The van der Waals surface area contributed by atoms with Gasteiger partial charge < -0.3 is 11.1 Å². The number of amides is 1. The minimum Gasteiger partial charge on any atom is -0.399 e. The Labute approximate surface area is 101 Å². The van der Waals surface area contributed by atoms with E-state index in [1.54, 1.807) is 31.2 Å². The van der Waals surface area contributed by atoms with Crippen LogP contribution in [-0.4, -0.2) is 25.8 Å². The van der Waals surface area contributed by atoms with Crippen molar-refractivity contribution in [3.63, 3.8) is 0 Å². The van der Waals surface area contributed by atoms with Gasteiger partial charge in [-0.25, -0.2) is 8.42 Å². The number of rotatable bonds is 5. The van der Waals surface area contributed by atoms with Gasteiger partial charge in [0.15, 0.2) is 9.84 Å². The van der Waals surface area contributed by atoms with Crippen LogP contribution in [-0.2, 0) is 14.6 Å². The summed E-state index contributed by atoms with van der Waals surface area (Å²) in [6.45, 7) is 1.56. The molecule has 94 valence electrons. The zero-order valence-corrected chi connectivity index (χ0v) is 10.5. The highest BCUT2D eigenvalue weighted by Gasteiger charge is 2.11. The molecule has 0 aliphatic heterocycles. The number of nitrogens with one attached hydrogen (secondary N) is 1. The Hall–Kier alpha value is -1.56. The van der Waals surface area contributed by atoms with Crippen molar-refractivity contribution in [3.8, 4) is 0 Å². The average Bonchev–Trinajstić information content (AvgIpc) is 2.30. The molecule has 0 spiro atoms. The number of hydrogen-bond acceptors (Lipinski definition) is 4. The van der Waals surface area contributed by atoms with E-state index < -0.39 is 9.84 Å². The third-order valence-corrected chi connectivity index (χ3v) is 3.98. The molecule has 0 saturated carbocycles. The highest BCUT2D eigenvalue weighted by atomic mass is 32.2. The van der Waals surface area contributed by atoms with Crippen LogP contribution in [0, 0.1) is 0 Å². The second-order valence-corrected chi connectivity index (χ2v) is 6.13. The second-order valence-electron chi connectivity index (χ2n) is 3.66. The molecule has 0 aliphatic rings. The molecule has 17 heavy (non-hydrogen) atoms. The third-order valence-electron chi connectivity index (χ3n) is 2.27. The number of carbonyl (C=O) groups excluding carboxylic acids is 1. The smallest absolute Gasteiger partial charge is 0.225 e. The van der Waals surface area contributed by atoms with Crippen LogP contribution in [0.2, 0.25) is 0 Å². The molecule has 0 unspecified atom stereocenters. The first-order valence-corrected chi connectivity index (χ1v) is 7.11. The lowest BCUT2D eigenvalue weighted by Gasteiger charge is -2.05. The van der Waals surface area contributed by atoms with E-state index in [-0.39, 0.29) is 23.8 Å². The van der Waals surface area contributed by atoms with Crippen molar-refractivity contribution >= 4 is 27.1 Å². The van der Waals surface area contributed by atoms with Gasteiger partial charge in [-0.3, -0.25) is 4.79 Å². The van der Waals surface area contributed by atoms with Gasteiger partial charge in [-0.1, -0.05) is 6.92 Å². The van der Waals surface area contributed by atoms with E-state index in [0.717, 1.165) is 0 Å². The topological polar surface area (TPSA) is 89.3 Å². The molecular weight excluding hydrogens is 240 g/mol. The Morgan fingerprint density at radius 2 is 1.88 bits per heavy atom. The summed E-state index contributed by atoms with van der Waals surface area (Å²) in [4.78, 5) is 11.5. The number of benzene rings is 1. The van der Waals surface area contributed by atoms with E-state index in [1.807, 2.05) is 0 Å². The minimum atomic E-state index is -3.09. The van der Waals surface area contributed by atoms with Gasteiger partial charge in [-0.05, 0) is 24.3 Å². The van der Waals surface area contributed by atoms with Crippen LogP contribution < -0.4 is 11.1 Å². The molecule has 3 N–H and O–H groups in total. The van der Waals surface area contributed by atoms with E-state index in [1.165, 1.54) is 0 Å². The van der Waals surface area contributed by atoms with Crippen LogP contribution >= 0.6 is 0 Å². The van der Waals surface area contributed by atoms with Crippen molar-refractivity contribution < 1.29 is 13.2 Å². The Morgan fingerprint density at radius 1 is 1.29 bits per heavy atom. The number of nitrogens with two attached hydrogens (primary N) is 1. The highest BCUT2D eigenvalue weighted by Crippen LogP contribution is 2.10. The molecule has 0 aromatic heterocycles. The molecule has 0 bridgehead atoms. The van der Waals surface area contributed by atoms with Crippen LogP contribution in [0.25, 0.3) is 0 Å². The maximum atomic E-state index is 11.5. The molecule has 5 nitrogen and oxygen atoms in total. The van der Waals surface area contributed by atoms with E-state index in [9.17, 15) is 13.2 Å². The molecule has 1 aromatic carbocycles. The summed E-state index contributed by atoms with van der Waals surface area (Å²) in [5, 5.41) is 2.61. The molecule has 0 saturated heterocycles. The zero-order valence-electron chi connectivity index (χ0n) is 9.64. The Kier molecular flexibility index (Phi) is 4.51. The van der Waals surface area contributed by atoms with Gasteiger partial charge >= 0.3 is 0 Å². The highest BCUT2D eigenvalue weighted by molar-refractivity contribution is 7.91. The number of nitrogen functional groups attached to an aromatic ring is 1. The predicted octanol–water partition coefficient (Wildman–Crippen LogP) is 1.03. The normalized spacial score (nSPS) is 11.1. The Bertz CT molecular complexity index is 480. The molecule has 0 atom stereocenters. The maximum absolute atomic E-state index is 11.5. The van der Waals surface area contributed by atoms with Crippen LogP contribution in [0.15, 0.2) is 24.3 Å². The zero-order chi connectivity index (χ0) is 12.9. The van der Waals surface area contributed by atoms with Crippen LogP contribution in [0.3, 0.4) is 0 Å². The van der Waals surface area contributed by atoms with Crippen molar-refractivity contribution in [3.05, 3.63) is 24.3 Å². The lowest BCUT2D eigenvalue weighted by Crippen LogP contribution is -2.18. The lowest BCUT2D eigenvalue weighted by atomic mass is 10.3. The fourth-order valence-electron chi connectivity index (χ4n) is 1.18. The molecule has 6 heteroatoms. The van der Waals surface area contributed by atoms with E-state index in [2.05, 4.69) is 5.32 Å². The van der Waals surface area contributed by atoms with Gasteiger partial charge in [0.25, 0.3) is 0 Å². The largest absolute Gasteiger partial charge is 0.399 e. The molecule has 0 fully saturated rings. The summed E-state index contributed by atoms with van der Waals surface area (Å²) in [6, 6.07) is 6.67. The Morgan fingerprint density at radius 3 is 2.41 bits per heavy atom. The number of anilines is 2. The summed E-state index contributed by atoms with van der Waals surface area (Å²) in [5.74, 6) is -0.376. The molecule has 0 heterocycles. The van der Waals surface area contributed by atoms with Gasteiger partial charge in [-0.2, -0.15) is 0 Å². The van der Waals surface area contributed by atoms with Crippen LogP contribution in [0.1, 0.15) is 13.3 Å². The summed E-state index contributed by atoms with van der Waals surface area (Å²) in [5.41, 5.74) is 6.72. The maximum Gasteiger partial charge on any atom is 0.225 e. The monoisotopic (exact) mass is 256 g/mol. The Balaban J connectivity index is 2.48. The van der Waals surface area contributed by atoms with Crippen molar-refractivity contribution in [1.29, 1.82) is 0 Å². The van der Waals surface area contributed by atoms with Crippen molar-refractivity contribution in [2.45, 2.75) is 13.3 Å². The fraction of sp³-hybridized carbons (Fsp3) is 0.364. The van der Waals surface area contributed by atoms with E-state index in [4.69, 9.17) is 5.73 Å². The van der Waals surface area contributed by atoms with Crippen molar-refractivity contribution in [1.82, 2.24) is 0 Å². The first-order chi connectivity index (χ1) is 7.93. The molecule has 1 amide bonds. The van der Waals surface area contributed by atoms with Gasteiger partial charge in [0, 0.05) is 23.5 Å². The molecule has 1 rings (SSSR count). The van der Waals surface area contributed by atoms with E-state index >= 15 is 0 Å². The quantitative estimate of drug-likeness (QED) is 0.770. The lowest BCUT2D eigenvalue weighted by molar-refractivity contribution is -0.115. The summed E-state index contributed by atoms with van der Waals surface area (Å²) in [7, 11) is -3.09. The van der Waals surface area contributed by atoms with Gasteiger partial charge in [0.2, 0.25) is 5.91 Å². The number of carbonyl (C=O) groups is 1. The van der Waals surface area contributed by atoms with E-state index in [0.29, 0.717) is 11.4 Å². The van der Waals surface area contributed by atoms with Gasteiger partial charge in [0.05, 0.1) is 5.75 Å². The fourth-order valence-corrected chi connectivity index (χ4v) is 1.97. The first kappa shape index (κ1) is 13.5. The molecule has 0 radical (unpaired) electrons. The summed E-state index contributed by atoms with van der Waals surface area (Å²) in [6.07, 6.45) is -0.0272. The number of hydrogen-bond donors (Lipinski definition) is 2. The van der Waals surface area contributed by atoms with Gasteiger partial charge in [-0.15, -0.1) is 0 Å². The molecule has 0 aliphatic carbocycles. The molecule has 1 aromatic rings. The SMILES string of the molecule is CCS(=O)(=O)CCC(=O)Nc1ccc(N)cc1. The van der Waals surface area contributed by atoms with Crippen LogP contribution in [0.5, 0.6) is 0 Å². The van der Waals surface area contributed by atoms with Crippen molar-refractivity contribution in [2.24, 2.45) is 0 Å². The van der Waals surface area contributed by atoms with Gasteiger partial charge in [0.1, 0.15) is 0 Å². The predicted molar refractivity (Wildman–Crippen MR) is 68.4 cm³/mol. The second kappa shape index (κ2) is 5.67. The summed E-state index contributed by atoms with van der Waals surface area (Å²) < 4.78 is 22.4. The third kappa shape index (κ3) is 4.86. The number of sulfone groups is 1. The standard InChI is InChI=1S/C11H16N2O3S/c1-2-17(15,16)8-7-11(14)13-10-5-3-9(12)4-6-10/h3-6H,2,7-8,12H2,1H3,(H,13,14). The molecular formula is C11H16N2O3S.